The van der Waals surface area contributed by atoms with Crippen LogP contribution in [0.5, 0.6) is 0 Å². The van der Waals surface area contributed by atoms with Gasteiger partial charge in [0.2, 0.25) is 10.0 Å². The maximum absolute atomic E-state index is 12.2. The summed E-state index contributed by atoms with van der Waals surface area (Å²) in [5.41, 5.74) is 0.811. The molecule has 2 N–H and O–H groups in total. The first-order valence-corrected chi connectivity index (χ1v) is 10.3. The Labute approximate surface area is 157 Å². The molecule has 0 aliphatic carbocycles. The minimum atomic E-state index is -3.43. The molecule has 142 valence electrons. The van der Waals surface area contributed by atoms with Crippen molar-refractivity contribution in [3.8, 4) is 0 Å². The van der Waals surface area contributed by atoms with Gasteiger partial charge >= 0.3 is 0 Å². The van der Waals surface area contributed by atoms with Gasteiger partial charge in [0.1, 0.15) is 4.90 Å². The van der Waals surface area contributed by atoms with Gasteiger partial charge < -0.3 is 10.2 Å². The van der Waals surface area contributed by atoms with Crippen molar-refractivity contribution >= 4 is 28.1 Å². The number of piperidine rings is 1. The fourth-order valence-corrected chi connectivity index (χ4v) is 4.62. The van der Waals surface area contributed by atoms with E-state index in [-0.39, 0.29) is 12.4 Å². The lowest BCUT2D eigenvalue weighted by Crippen LogP contribution is -2.49. The van der Waals surface area contributed by atoms with Crippen LogP contribution in [0.4, 0.5) is 5.69 Å². The first kappa shape index (κ1) is 20.5. The van der Waals surface area contributed by atoms with Gasteiger partial charge in [-0.05, 0) is 51.0 Å². The molecule has 0 bridgehead atoms. The molecule has 8 heteroatoms. The van der Waals surface area contributed by atoms with Crippen molar-refractivity contribution in [2.24, 2.45) is 5.92 Å². The Balaban J connectivity index is 0.00000225. The third-order valence-electron chi connectivity index (χ3n) is 5.05. The van der Waals surface area contributed by atoms with Crippen LogP contribution in [0.15, 0.2) is 29.2 Å². The van der Waals surface area contributed by atoms with E-state index in [2.05, 4.69) is 19.8 Å². The third kappa shape index (κ3) is 5.08. The maximum Gasteiger partial charge on any atom is 0.242 e. The van der Waals surface area contributed by atoms with Gasteiger partial charge in [-0.15, -0.1) is 12.4 Å². The summed E-state index contributed by atoms with van der Waals surface area (Å²) in [4.78, 5) is 5.08. The highest BCUT2D eigenvalue weighted by atomic mass is 35.5. The van der Waals surface area contributed by atoms with E-state index in [0.29, 0.717) is 4.90 Å². The fourth-order valence-electron chi connectivity index (χ4n) is 3.67. The van der Waals surface area contributed by atoms with E-state index in [0.717, 1.165) is 57.4 Å². The Morgan fingerprint density at radius 2 is 1.92 bits per heavy atom. The average Bonchev–Trinajstić information content (AvgIpc) is 2.63. The van der Waals surface area contributed by atoms with Crippen LogP contribution in [0.25, 0.3) is 0 Å². The van der Waals surface area contributed by atoms with Crippen molar-refractivity contribution < 1.29 is 8.42 Å². The van der Waals surface area contributed by atoms with Crippen molar-refractivity contribution in [3.63, 3.8) is 0 Å². The predicted octanol–water partition coefficient (Wildman–Crippen LogP) is 1.14. The molecule has 2 aliphatic rings. The molecular formula is C17H29ClN4O2S. The zero-order valence-electron chi connectivity index (χ0n) is 14.8. The largest absolute Gasteiger partial charge is 0.368 e. The van der Waals surface area contributed by atoms with E-state index >= 15 is 0 Å². The molecule has 1 unspecified atom stereocenters. The molecule has 2 aliphatic heterocycles. The summed E-state index contributed by atoms with van der Waals surface area (Å²) in [5, 5.41) is 3.48. The van der Waals surface area contributed by atoms with E-state index < -0.39 is 10.0 Å². The Morgan fingerprint density at radius 3 is 2.56 bits per heavy atom. The highest BCUT2D eigenvalue weighted by Gasteiger charge is 2.25. The molecule has 1 aromatic carbocycles. The van der Waals surface area contributed by atoms with Crippen LogP contribution in [-0.4, -0.2) is 66.2 Å². The molecule has 6 nitrogen and oxygen atoms in total. The molecule has 0 spiro atoms. The number of rotatable bonds is 5. The number of benzene rings is 1. The lowest BCUT2D eigenvalue weighted by Gasteiger charge is -2.38. The molecular weight excluding hydrogens is 360 g/mol. The Hall–Kier alpha value is -0.860. The summed E-state index contributed by atoms with van der Waals surface area (Å²) in [6.07, 6.45) is 2.59. The monoisotopic (exact) mass is 388 g/mol. The highest BCUT2D eigenvalue weighted by molar-refractivity contribution is 7.89. The van der Waals surface area contributed by atoms with Crippen molar-refractivity contribution in [2.75, 3.05) is 57.8 Å². The van der Waals surface area contributed by atoms with Crippen molar-refractivity contribution in [2.45, 2.75) is 17.7 Å². The zero-order valence-corrected chi connectivity index (χ0v) is 16.4. The molecule has 0 aromatic heterocycles. The van der Waals surface area contributed by atoms with Gasteiger partial charge in [0.05, 0.1) is 5.69 Å². The van der Waals surface area contributed by atoms with E-state index in [1.54, 1.807) is 12.1 Å². The number of sulfonamides is 1. The average molecular weight is 389 g/mol. The van der Waals surface area contributed by atoms with Crippen LogP contribution in [0.3, 0.4) is 0 Å². The Kier molecular flexibility index (Phi) is 7.51. The third-order valence-corrected chi connectivity index (χ3v) is 6.51. The molecule has 0 amide bonds. The number of para-hydroxylation sites is 1. The van der Waals surface area contributed by atoms with Crippen LogP contribution in [0, 0.1) is 5.92 Å². The van der Waals surface area contributed by atoms with Crippen molar-refractivity contribution in [3.05, 3.63) is 24.3 Å². The summed E-state index contributed by atoms with van der Waals surface area (Å²) in [6.45, 7) is 7.16. The number of piperazine rings is 1. The van der Waals surface area contributed by atoms with Crippen LogP contribution < -0.4 is 14.9 Å². The van der Waals surface area contributed by atoms with Crippen molar-refractivity contribution in [1.82, 2.24) is 14.9 Å². The molecule has 0 saturated carbocycles. The molecule has 1 atom stereocenters. The van der Waals surface area contributed by atoms with Crippen LogP contribution in [0.2, 0.25) is 0 Å². The van der Waals surface area contributed by atoms with Crippen LogP contribution in [-0.2, 0) is 10.0 Å². The predicted molar refractivity (Wildman–Crippen MR) is 104 cm³/mol. The van der Waals surface area contributed by atoms with Gasteiger partial charge in [0.25, 0.3) is 0 Å². The van der Waals surface area contributed by atoms with Crippen LogP contribution >= 0.6 is 12.4 Å². The van der Waals surface area contributed by atoms with Gasteiger partial charge in [-0.25, -0.2) is 13.1 Å². The Bertz CT molecular complexity index is 642. The second-order valence-electron chi connectivity index (χ2n) is 6.68. The summed E-state index contributed by atoms with van der Waals surface area (Å²) >= 11 is 0. The summed E-state index contributed by atoms with van der Waals surface area (Å²) in [6, 6.07) is 7.27. The summed E-state index contributed by atoms with van der Waals surface area (Å²) in [7, 11) is -1.97. The van der Waals surface area contributed by atoms with Gasteiger partial charge in [0, 0.05) is 32.7 Å². The molecule has 0 radical (unpaired) electrons. The quantitative estimate of drug-likeness (QED) is 0.791. The van der Waals surface area contributed by atoms with Crippen molar-refractivity contribution in [1.29, 1.82) is 0 Å². The lowest BCUT2D eigenvalue weighted by atomic mass is 9.99. The minimum Gasteiger partial charge on any atom is -0.368 e. The number of halogens is 1. The fraction of sp³-hybridized carbons (Fsp3) is 0.647. The lowest BCUT2D eigenvalue weighted by molar-refractivity contribution is 0.198. The SMILES string of the molecule is CNS(=O)(=O)c1ccccc1N1CCN(CC2CCCNC2)CC1.Cl. The smallest absolute Gasteiger partial charge is 0.242 e. The first-order valence-electron chi connectivity index (χ1n) is 8.81. The highest BCUT2D eigenvalue weighted by Crippen LogP contribution is 2.26. The second-order valence-corrected chi connectivity index (χ2v) is 8.53. The molecule has 3 rings (SSSR count). The zero-order chi connectivity index (χ0) is 17.0. The number of nitrogens with one attached hydrogen (secondary N) is 2. The number of hydrogen-bond acceptors (Lipinski definition) is 5. The molecule has 2 heterocycles. The number of nitrogens with zero attached hydrogens (tertiary/aromatic N) is 2. The maximum atomic E-state index is 12.2. The van der Waals surface area contributed by atoms with Gasteiger partial charge in [-0.3, -0.25) is 4.90 Å². The number of anilines is 1. The van der Waals surface area contributed by atoms with Crippen LogP contribution in [0.1, 0.15) is 12.8 Å². The molecule has 1 aromatic rings. The van der Waals surface area contributed by atoms with E-state index in [1.807, 2.05) is 12.1 Å². The van der Waals surface area contributed by atoms with E-state index in [1.165, 1.54) is 19.9 Å². The first-order chi connectivity index (χ1) is 11.6. The van der Waals surface area contributed by atoms with Gasteiger partial charge in [-0.1, -0.05) is 12.1 Å². The normalized spacial score (nSPS) is 22.4. The molecule has 25 heavy (non-hydrogen) atoms. The van der Waals surface area contributed by atoms with Gasteiger partial charge in [-0.2, -0.15) is 0 Å². The number of hydrogen-bond donors (Lipinski definition) is 2. The summed E-state index contributed by atoms with van der Waals surface area (Å²) in [5.74, 6) is 0.752. The molecule has 2 saturated heterocycles. The molecule has 2 fully saturated rings. The standard InChI is InChI=1S/C17H28N4O2S.ClH/c1-18-24(22,23)17-7-3-2-6-16(17)21-11-9-20(10-12-21)14-15-5-4-8-19-13-15;/h2-3,6-7,15,18-19H,4-5,8-14H2,1H3;1H. The van der Waals surface area contributed by atoms with Gasteiger partial charge in [0.15, 0.2) is 0 Å². The second kappa shape index (κ2) is 9.19. The minimum absolute atomic E-state index is 0. The topological polar surface area (TPSA) is 64.7 Å². The summed E-state index contributed by atoms with van der Waals surface area (Å²) < 4.78 is 26.9. The Morgan fingerprint density at radius 1 is 1.20 bits per heavy atom. The van der Waals surface area contributed by atoms with E-state index in [9.17, 15) is 8.42 Å². The van der Waals surface area contributed by atoms with E-state index in [4.69, 9.17) is 0 Å².